The molecule has 0 bridgehead atoms. The Balaban J connectivity index is 2.45. The maximum Gasteiger partial charge on any atom is 0.260 e. The maximum atomic E-state index is 13.5. The molecule has 0 saturated carbocycles. The predicted octanol–water partition coefficient (Wildman–Crippen LogP) is 2.19. The van der Waals surface area contributed by atoms with Crippen LogP contribution in [-0.2, 0) is 0 Å². The summed E-state index contributed by atoms with van der Waals surface area (Å²) in [5, 5.41) is 3.59. The summed E-state index contributed by atoms with van der Waals surface area (Å²) in [7, 11) is 1.48. The molecule has 1 heterocycles. The number of halogens is 1. The Morgan fingerprint density at radius 2 is 2.20 bits per heavy atom. The van der Waals surface area contributed by atoms with Crippen LogP contribution in [0, 0.1) is 12.7 Å². The second-order valence-corrected chi connectivity index (χ2v) is 2.99. The van der Waals surface area contributed by atoms with Crippen LogP contribution in [0.4, 0.5) is 4.39 Å². The summed E-state index contributed by atoms with van der Waals surface area (Å²) in [6.07, 6.45) is 0. The average molecular weight is 208 g/mol. The maximum absolute atomic E-state index is 13.5. The molecule has 0 spiro atoms. The smallest absolute Gasteiger partial charge is 0.260 e. The molecular weight excluding hydrogens is 199 g/mol. The van der Waals surface area contributed by atoms with Crippen molar-refractivity contribution in [3.8, 4) is 17.2 Å². The van der Waals surface area contributed by atoms with Gasteiger partial charge in [0.15, 0.2) is 5.82 Å². The minimum Gasteiger partial charge on any atom is -0.497 e. The van der Waals surface area contributed by atoms with E-state index in [9.17, 15) is 4.39 Å². The molecule has 0 unspecified atom stereocenters. The van der Waals surface area contributed by atoms with E-state index in [2.05, 4.69) is 10.1 Å². The minimum absolute atomic E-state index is 0.174. The highest BCUT2D eigenvalue weighted by Crippen LogP contribution is 2.24. The third-order valence-electron chi connectivity index (χ3n) is 1.93. The Labute approximate surface area is 85.7 Å². The SMILES string of the molecule is COc1ccc(-c2nc(C)no2)c(F)c1. The van der Waals surface area contributed by atoms with E-state index in [1.165, 1.54) is 13.2 Å². The quantitative estimate of drug-likeness (QED) is 0.759. The largest absolute Gasteiger partial charge is 0.497 e. The van der Waals surface area contributed by atoms with Gasteiger partial charge in [-0.1, -0.05) is 5.16 Å². The molecule has 1 aromatic heterocycles. The van der Waals surface area contributed by atoms with Crippen molar-refractivity contribution in [3.05, 3.63) is 29.8 Å². The van der Waals surface area contributed by atoms with Crippen LogP contribution >= 0.6 is 0 Å². The molecule has 0 aliphatic rings. The molecule has 2 aromatic rings. The second-order valence-electron chi connectivity index (χ2n) is 2.99. The van der Waals surface area contributed by atoms with Crippen LogP contribution < -0.4 is 4.74 Å². The van der Waals surface area contributed by atoms with Crippen LogP contribution in [0.15, 0.2) is 22.7 Å². The van der Waals surface area contributed by atoms with Gasteiger partial charge in [0.1, 0.15) is 11.6 Å². The monoisotopic (exact) mass is 208 g/mol. The van der Waals surface area contributed by atoms with Crippen molar-refractivity contribution in [2.45, 2.75) is 6.92 Å². The molecule has 15 heavy (non-hydrogen) atoms. The summed E-state index contributed by atoms with van der Waals surface area (Å²) in [6.45, 7) is 1.68. The van der Waals surface area contributed by atoms with Crippen molar-refractivity contribution in [3.63, 3.8) is 0 Å². The van der Waals surface area contributed by atoms with Gasteiger partial charge in [0, 0.05) is 6.07 Å². The topological polar surface area (TPSA) is 48.2 Å². The van der Waals surface area contributed by atoms with Crippen LogP contribution in [0.5, 0.6) is 5.75 Å². The van der Waals surface area contributed by atoms with E-state index in [-0.39, 0.29) is 11.5 Å². The summed E-state index contributed by atoms with van der Waals surface area (Å²) in [6, 6.07) is 4.45. The van der Waals surface area contributed by atoms with Crippen LogP contribution in [0.3, 0.4) is 0 Å². The van der Waals surface area contributed by atoms with Gasteiger partial charge in [-0.25, -0.2) is 4.39 Å². The number of rotatable bonds is 2. The Morgan fingerprint density at radius 3 is 2.73 bits per heavy atom. The van der Waals surface area contributed by atoms with E-state index in [0.29, 0.717) is 11.6 Å². The molecule has 0 radical (unpaired) electrons. The average Bonchev–Trinajstić information content (AvgIpc) is 2.64. The first kappa shape index (κ1) is 9.64. The van der Waals surface area contributed by atoms with E-state index in [1.54, 1.807) is 19.1 Å². The second kappa shape index (κ2) is 3.68. The highest BCUT2D eigenvalue weighted by Gasteiger charge is 2.12. The van der Waals surface area contributed by atoms with Gasteiger partial charge in [0.05, 0.1) is 12.7 Å². The summed E-state index contributed by atoms with van der Waals surface area (Å²) in [5.41, 5.74) is 0.274. The molecule has 2 rings (SSSR count). The normalized spacial score (nSPS) is 10.3. The number of nitrogens with zero attached hydrogens (tertiary/aromatic N) is 2. The van der Waals surface area contributed by atoms with Gasteiger partial charge in [-0.15, -0.1) is 0 Å². The number of methoxy groups -OCH3 is 1. The van der Waals surface area contributed by atoms with E-state index in [0.717, 1.165) is 0 Å². The molecule has 0 aliphatic heterocycles. The molecule has 0 fully saturated rings. The summed E-state index contributed by atoms with van der Waals surface area (Å²) < 4.78 is 23.3. The van der Waals surface area contributed by atoms with Gasteiger partial charge in [0.25, 0.3) is 5.89 Å². The molecule has 0 aliphatic carbocycles. The standard InChI is InChI=1S/C10H9FN2O2/c1-6-12-10(15-13-6)8-4-3-7(14-2)5-9(8)11/h3-5H,1-2H3. The first-order valence-corrected chi connectivity index (χ1v) is 4.35. The molecule has 78 valence electrons. The number of benzene rings is 1. The Morgan fingerprint density at radius 1 is 1.40 bits per heavy atom. The minimum atomic E-state index is -0.446. The van der Waals surface area contributed by atoms with Gasteiger partial charge < -0.3 is 9.26 Å². The third-order valence-corrected chi connectivity index (χ3v) is 1.93. The lowest BCUT2D eigenvalue weighted by Gasteiger charge is -2.01. The lowest BCUT2D eigenvalue weighted by molar-refractivity contribution is 0.409. The number of hydrogen-bond acceptors (Lipinski definition) is 4. The van der Waals surface area contributed by atoms with Crippen molar-refractivity contribution >= 4 is 0 Å². The fraction of sp³-hybridized carbons (Fsp3) is 0.200. The number of aromatic nitrogens is 2. The molecular formula is C10H9FN2O2. The summed E-state index contributed by atoms with van der Waals surface area (Å²) >= 11 is 0. The van der Waals surface area contributed by atoms with Crippen LogP contribution in [0.25, 0.3) is 11.5 Å². The van der Waals surface area contributed by atoms with Crippen molar-refractivity contribution in [2.75, 3.05) is 7.11 Å². The lowest BCUT2D eigenvalue weighted by Crippen LogP contribution is -1.88. The Bertz CT molecular complexity index is 482. The number of aryl methyl sites for hydroxylation is 1. The van der Waals surface area contributed by atoms with Crippen LogP contribution in [0.1, 0.15) is 5.82 Å². The zero-order valence-electron chi connectivity index (χ0n) is 8.32. The Kier molecular flexibility index (Phi) is 2.37. The van der Waals surface area contributed by atoms with E-state index in [4.69, 9.17) is 9.26 Å². The van der Waals surface area contributed by atoms with Crippen molar-refractivity contribution in [1.29, 1.82) is 0 Å². The molecule has 0 amide bonds. The third kappa shape index (κ3) is 1.81. The first-order chi connectivity index (χ1) is 7.20. The lowest BCUT2D eigenvalue weighted by atomic mass is 10.2. The highest BCUT2D eigenvalue weighted by atomic mass is 19.1. The molecule has 4 nitrogen and oxygen atoms in total. The van der Waals surface area contributed by atoms with Crippen molar-refractivity contribution in [1.82, 2.24) is 10.1 Å². The zero-order valence-corrected chi connectivity index (χ0v) is 8.32. The molecule has 1 aromatic carbocycles. The summed E-state index contributed by atoms with van der Waals surface area (Å²) in [5.74, 6) is 0.651. The molecule has 0 atom stereocenters. The molecule has 5 heteroatoms. The zero-order chi connectivity index (χ0) is 10.8. The van der Waals surface area contributed by atoms with E-state index < -0.39 is 5.82 Å². The van der Waals surface area contributed by atoms with Gasteiger partial charge >= 0.3 is 0 Å². The summed E-state index contributed by atoms with van der Waals surface area (Å²) in [4.78, 5) is 3.94. The fourth-order valence-electron chi connectivity index (χ4n) is 1.20. The van der Waals surface area contributed by atoms with Gasteiger partial charge in [-0.05, 0) is 19.1 Å². The van der Waals surface area contributed by atoms with Gasteiger partial charge in [-0.2, -0.15) is 4.98 Å². The van der Waals surface area contributed by atoms with E-state index in [1.807, 2.05) is 0 Å². The first-order valence-electron chi connectivity index (χ1n) is 4.35. The van der Waals surface area contributed by atoms with Crippen LogP contribution in [0.2, 0.25) is 0 Å². The van der Waals surface area contributed by atoms with Gasteiger partial charge in [0.2, 0.25) is 0 Å². The van der Waals surface area contributed by atoms with Crippen molar-refractivity contribution in [2.24, 2.45) is 0 Å². The predicted molar refractivity (Wildman–Crippen MR) is 51.0 cm³/mol. The Hall–Kier alpha value is -1.91. The number of hydrogen-bond donors (Lipinski definition) is 0. The highest BCUT2D eigenvalue weighted by molar-refractivity contribution is 5.55. The van der Waals surface area contributed by atoms with Crippen molar-refractivity contribution < 1.29 is 13.7 Å². The molecule has 0 saturated heterocycles. The van der Waals surface area contributed by atoms with Gasteiger partial charge in [-0.3, -0.25) is 0 Å². The molecule has 0 N–H and O–H groups in total. The number of ether oxygens (including phenoxy) is 1. The van der Waals surface area contributed by atoms with E-state index >= 15 is 0 Å². The van der Waals surface area contributed by atoms with Crippen LogP contribution in [-0.4, -0.2) is 17.3 Å². The fourth-order valence-corrected chi connectivity index (χ4v) is 1.20.